The minimum Gasteiger partial charge on any atom is -0.426 e. The fourth-order valence-electron chi connectivity index (χ4n) is 4.94. The molecule has 0 saturated heterocycles. The van der Waals surface area contributed by atoms with Gasteiger partial charge in [0.05, 0.1) is 0 Å². The molecule has 0 bridgehead atoms. The Morgan fingerprint density at radius 1 is 0.879 bits per heavy atom. The van der Waals surface area contributed by atoms with Gasteiger partial charge in [-0.2, -0.15) is 13.2 Å². The maximum Gasteiger partial charge on any atom is 0.404 e. The van der Waals surface area contributed by atoms with Gasteiger partial charge in [0.15, 0.2) is 5.41 Å². The molecule has 0 spiro atoms. The van der Waals surface area contributed by atoms with Gasteiger partial charge in [0.2, 0.25) is 0 Å². The molecule has 1 saturated carbocycles. The first-order valence-electron chi connectivity index (χ1n) is 13.1. The number of ether oxygens (including phenoxy) is 1. The van der Waals surface area contributed by atoms with Gasteiger partial charge >= 0.3 is 12.1 Å². The normalized spacial score (nSPS) is 20.9. The zero-order valence-electron chi connectivity index (χ0n) is 20.8. The quantitative estimate of drug-likeness (QED) is 0.164. The molecular weight excluding hydrogens is 425 g/mol. The molecule has 1 atom stereocenters. The standard InChI is InChI=1S/C28H43F3O2/c1-4-6-8-9-11-21-27(3,28(29,30)31)26(32)33-25-19-17-24(18-20-25)23-15-13-22(14-16-23)12-10-7-5-2/h17-20,22-23H,4-16,21H2,1-3H3. The topological polar surface area (TPSA) is 26.3 Å². The monoisotopic (exact) mass is 468 g/mol. The van der Waals surface area contributed by atoms with E-state index in [1.165, 1.54) is 44.1 Å². The zero-order valence-corrected chi connectivity index (χ0v) is 20.8. The number of halogens is 3. The van der Waals surface area contributed by atoms with Gasteiger partial charge in [0.1, 0.15) is 5.75 Å². The number of alkyl halides is 3. The Labute approximate surface area is 198 Å². The molecule has 1 aliphatic rings. The van der Waals surface area contributed by atoms with E-state index in [9.17, 15) is 18.0 Å². The summed E-state index contributed by atoms with van der Waals surface area (Å²) in [5, 5.41) is 0. The van der Waals surface area contributed by atoms with Crippen molar-refractivity contribution in [1.29, 1.82) is 0 Å². The van der Waals surface area contributed by atoms with Crippen LogP contribution in [0.15, 0.2) is 24.3 Å². The van der Waals surface area contributed by atoms with Gasteiger partial charge in [-0.3, -0.25) is 4.79 Å². The van der Waals surface area contributed by atoms with E-state index in [0.29, 0.717) is 18.8 Å². The zero-order chi connectivity index (χ0) is 24.3. The summed E-state index contributed by atoms with van der Waals surface area (Å²) in [5.41, 5.74) is -1.29. The number of rotatable bonds is 13. The van der Waals surface area contributed by atoms with Crippen molar-refractivity contribution in [3.63, 3.8) is 0 Å². The first-order valence-corrected chi connectivity index (χ1v) is 13.1. The Morgan fingerprint density at radius 2 is 1.45 bits per heavy atom. The highest BCUT2D eigenvalue weighted by Gasteiger charge is 2.57. The largest absolute Gasteiger partial charge is 0.426 e. The molecule has 0 N–H and O–H groups in total. The maximum atomic E-state index is 13.8. The summed E-state index contributed by atoms with van der Waals surface area (Å²) in [6, 6.07) is 7.14. The van der Waals surface area contributed by atoms with E-state index < -0.39 is 17.6 Å². The fourth-order valence-corrected chi connectivity index (χ4v) is 4.94. The van der Waals surface area contributed by atoms with Gasteiger partial charge < -0.3 is 4.74 Å². The summed E-state index contributed by atoms with van der Waals surface area (Å²) in [7, 11) is 0. The lowest BCUT2D eigenvalue weighted by atomic mass is 9.77. The number of unbranched alkanes of at least 4 members (excludes halogenated alkanes) is 6. The van der Waals surface area contributed by atoms with Crippen molar-refractivity contribution in [2.24, 2.45) is 11.3 Å². The van der Waals surface area contributed by atoms with Gasteiger partial charge in [0, 0.05) is 0 Å². The second-order valence-corrected chi connectivity index (χ2v) is 10.2. The second kappa shape index (κ2) is 13.4. The van der Waals surface area contributed by atoms with Crippen molar-refractivity contribution in [2.45, 2.75) is 123 Å². The number of carbonyl (C=O) groups is 1. The van der Waals surface area contributed by atoms with Crippen LogP contribution in [0.4, 0.5) is 13.2 Å². The predicted octanol–water partition coefficient (Wildman–Crippen LogP) is 9.38. The van der Waals surface area contributed by atoms with Crippen LogP contribution in [-0.4, -0.2) is 12.1 Å². The molecule has 0 aliphatic heterocycles. The van der Waals surface area contributed by atoms with Gasteiger partial charge in [-0.05, 0) is 68.6 Å². The molecule has 2 rings (SSSR count). The molecule has 188 valence electrons. The number of esters is 1. The van der Waals surface area contributed by atoms with Crippen LogP contribution in [-0.2, 0) is 4.79 Å². The molecule has 1 aromatic rings. The van der Waals surface area contributed by atoms with E-state index in [1.807, 2.05) is 12.1 Å². The van der Waals surface area contributed by atoms with Crippen LogP contribution in [0.25, 0.3) is 0 Å². The lowest BCUT2D eigenvalue weighted by Crippen LogP contribution is -2.45. The van der Waals surface area contributed by atoms with Crippen molar-refractivity contribution in [2.75, 3.05) is 0 Å². The first-order chi connectivity index (χ1) is 15.7. The Morgan fingerprint density at radius 3 is 2.03 bits per heavy atom. The molecular formula is C28H43F3O2. The van der Waals surface area contributed by atoms with Crippen LogP contribution < -0.4 is 4.74 Å². The fraction of sp³-hybridized carbons (Fsp3) is 0.750. The van der Waals surface area contributed by atoms with E-state index in [2.05, 4.69) is 13.8 Å². The lowest BCUT2D eigenvalue weighted by Gasteiger charge is -2.30. The third-order valence-electron chi connectivity index (χ3n) is 7.48. The average molecular weight is 469 g/mol. The number of benzene rings is 1. The summed E-state index contributed by atoms with van der Waals surface area (Å²) < 4.78 is 46.5. The molecule has 0 amide bonds. The summed E-state index contributed by atoms with van der Waals surface area (Å²) >= 11 is 0. The van der Waals surface area contributed by atoms with Crippen LogP contribution in [0.5, 0.6) is 5.75 Å². The molecule has 2 nitrogen and oxygen atoms in total. The Hall–Kier alpha value is -1.52. The highest BCUT2D eigenvalue weighted by atomic mass is 19.4. The number of carbonyl (C=O) groups excluding carboxylic acids is 1. The molecule has 1 fully saturated rings. The molecule has 1 unspecified atom stereocenters. The predicted molar refractivity (Wildman–Crippen MR) is 128 cm³/mol. The summed E-state index contributed by atoms with van der Waals surface area (Å²) in [4.78, 5) is 12.6. The van der Waals surface area contributed by atoms with E-state index in [1.54, 1.807) is 12.1 Å². The third kappa shape index (κ3) is 8.33. The molecule has 33 heavy (non-hydrogen) atoms. The minimum atomic E-state index is -4.63. The van der Waals surface area contributed by atoms with Gasteiger partial charge in [0.25, 0.3) is 0 Å². The van der Waals surface area contributed by atoms with Crippen LogP contribution in [0.3, 0.4) is 0 Å². The number of hydrogen-bond acceptors (Lipinski definition) is 2. The summed E-state index contributed by atoms with van der Waals surface area (Å²) in [6.45, 7) is 5.26. The van der Waals surface area contributed by atoms with Crippen molar-refractivity contribution in [3.8, 4) is 5.75 Å². The second-order valence-electron chi connectivity index (χ2n) is 10.2. The molecule has 5 heteroatoms. The molecule has 0 aromatic heterocycles. The Bertz CT molecular complexity index is 690. The summed E-state index contributed by atoms with van der Waals surface area (Å²) in [5.74, 6) is 0.306. The molecule has 0 radical (unpaired) electrons. The van der Waals surface area contributed by atoms with Crippen LogP contribution in [0.2, 0.25) is 0 Å². The highest BCUT2D eigenvalue weighted by molar-refractivity contribution is 5.79. The SMILES string of the molecule is CCCCCCCC(C)(C(=O)Oc1ccc(C2CCC(CCCCC)CC2)cc1)C(F)(F)F. The van der Waals surface area contributed by atoms with Crippen molar-refractivity contribution < 1.29 is 22.7 Å². The lowest BCUT2D eigenvalue weighted by molar-refractivity contribution is -0.226. The van der Waals surface area contributed by atoms with Gasteiger partial charge in [-0.25, -0.2) is 0 Å². The molecule has 0 heterocycles. The highest BCUT2D eigenvalue weighted by Crippen LogP contribution is 2.44. The average Bonchev–Trinajstić information content (AvgIpc) is 2.79. The van der Waals surface area contributed by atoms with Crippen LogP contribution in [0.1, 0.15) is 122 Å². The van der Waals surface area contributed by atoms with Crippen LogP contribution >= 0.6 is 0 Å². The third-order valence-corrected chi connectivity index (χ3v) is 7.48. The van der Waals surface area contributed by atoms with E-state index in [4.69, 9.17) is 4.74 Å². The van der Waals surface area contributed by atoms with E-state index in [0.717, 1.165) is 44.9 Å². The first kappa shape index (κ1) is 27.7. The minimum absolute atomic E-state index is 0.193. The molecule has 1 aromatic carbocycles. The van der Waals surface area contributed by atoms with Gasteiger partial charge in [-0.1, -0.05) is 83.8 Å². The smallest absolute Gasteiger partial charge is 0.404 e. The van der Waals surface area contributed by atoms with E-state index >= 15 is 0 Å². The van der Waals surface area contributed by atoms with E-state index in [-0.39, 0.29) is 12.2 Å². The van der Waals surface area contributed by atoms with Crippen molar-refractivity contribution >= 4 is 5.97 Å². The Kier molecular flexibility index (Phi) is 11.2. The Balaban J connectivity index is 1.91. The number of hydrogen-bond donors (Lipinski definition) is 0. The van der Waals surface area contributed by atoms with Crippen molar-refractivity contribution in [1.82, 2.24) is 0 Å². The van der Waals surface area contributed by atoms with Gasteiger partial charge in [-0.15, -0.1) is 0 Å². The maximum absolute atomic E-state index is 13.8. The van der Waals surface area contributed by atoms with Crippen LogP contribution in [0, 0.1) is 11.3 Å². The van der Waals surface area contributed by atoms with Crippen molar-refractivity contribution in [3.05, 3.63) is 29.8 Å². The molecule has 1 aliphatic carbocycles. The summed E-state index contributed by atoms with van der Waals surface area (Å²) in [6.07, 6.45) is 9.11.